The third-order valence-electron chi connectivity index (χ3n) is 5.51. The maximum atomic E-state index is 12.7. The van der Waals surface area contributed by atoms with E-state index in [-0.39, 0.29) is 30.6 Å². The number of anilines is 2. The van der Waals surface area contributed by atoms with Gasteiger partial charge in [-0.1, -0.05) is 18.2 Å². The lowest BCUT2D eigenvalue weighted by atomic mass is 10.1. The van der Waals surface area contributed by atoms with Gasteiger partial charge in [0.15, 0.2) is 0 Å². The Morgan fingerprint density at radius 1 is 1.09 bits per heavy atom. The highest BCUT2D eigenvalue weighted by molar-refractivity contribution is 7.09. The molecule has 33 heavy (non-hydrogen) atoms. The van der Waals surface area contributed by atoms with E-state index in [1.54, 1.807) is 47.6 Å². The third-order valence-corrected chi connectivity index (χ3v) is 6.38. The minimum Gasteiger partial charge on any atom is -0.497 e. The van der Waals surface area contributed by atoms with E-state index in [1.807, 2.05) is 41.8 Å². The van der Waals surface area contributed by atoms with E-state index in [0.29, 0.717) is 24.5 Å². The summed E-state index contributed by atoms with van der Waals surface area (Å²) in [5.74, 6) is -0.0428. The van der Waals surface area contributed by atoms with Gasteiger partial charge in [-0.3, -0.25) is 14.4 Å². The highest BCUT2D eigenvalue weighted by Crippen LogP contribution is 2.27. The van der Waals surface area contributed by atoms with Gasteiger partial charge in [0.1, 0.15) is 5.75 Å². The van der Waals surface area contributed by atoms with Crippen molar-refractivity contribution < 1.29 is 19.1 Å². The van der Waals surface area contributed by atoms with Crippen LogP contribution in [0.4, 0.5) is 11.4 Å². The van der Waals surface area contributed by atoms with E-state index < -0.39 is 5.92 Å². The summed E-state index contributed by atoms with van der Waals surface area (Å²) in [6.07, 6.45) is 0.438. The van der Waals surface area contributed by atoms with Crippen LogP contribution in [-0.4, -0.2) is 31.4 Å². The molecule has 0 aliphatic carbocycles. The number of hydrogen-bond donors (Lipinski definition) is 2. The Kier molecular flexibility index (Phi) is 7.04. The smallest absolute Gasteiger partial charge is 0.229 e. The molecule has 1 saturated heterocycles. The van der Waals surface area contributed by atoms with Crippen molar-refractivity contribution in [2.24, 2.45) is 5.92 Å². The molecule has 2 N–H and O–H groups in total. The highest BCUT2D eigenvalue weighted by atomic mass is 32.1. The predicted octanol–water partition coefficient (Wildman–Crippen LogP) is 3.61. The molecule has 1 fully saturated rings. The first-order valence-electron chi connectivity index (χ1n) is 10.6. The van der Waals surface area contributed by atoms with Gasteiger partial charge in [-0.2, -0.15) is 0 Å². The Bertz CT molecular complexity index is 1110. The molecule has 170 valence electrons. The quantitative estimate of drug-likeness (QED) is 0.534. The Balaban J connectivity index is 1.28. The molecule has 0 radical (unpaired) electrons. The first kappa shape index (κ1) is 22.5. The predicted molar refractivity (Wildman–Crippen MR) is 128 cm³/mol. The lowest BCUT2D eigenvalue weighted by molar-refractivity contribution is -0.122. The molecule has 8 heteroatoms. The van der Waals surface area contributed by atoms with Crippen molar-refractivity contribution in [1.82, 2.24) is 5.32 Å². The Hall–Kier alpha value is -3.65. The second-order valence-corrected chi connectivity index (χ2v) is 8.85. The van der Waals surface area contributed by atoms with E-state index in [1.165, 1.54) is 0 Å². The molecule has 0 spiro atoms. The monoisotopic (exact) mass is 463 g/mol. The number of carbonyl (C=O) groups is 3. The lowest BCUT2D eigenvalue weighted by Crippen LogP contribution is -2.28. The molecular formula is C25H25N3O4S. The number of benzene rings is 2. The van der Waals surface area contributed by atoms with Crippen molar-refractivity contribution in [1.29, 1.82) is 0 Å². The van der Waals surface area contributed by atoms with Crippen LogP contribution in [-0.2, 0) is 27.3 Å². The fourth-order valence-electron chi connectivity index (χ4n) is 3.69. The van der Waals surface area contributed by atoms with Crippen LogP contribution in [0.15, 0.2) is 66.0 Å². The minimum absolute atomic E-state index is 0.0525. The van der Waals surface area contributed by atoms with Crippen LogP contribution in [0, 0.1) is 5.92 Å². The number of amides is 3. The number of thiophene rings is 1. The van der Waals surface area contributed by atoms with Gasteiger partial charge in [0, 0.05) is 29.2 Å². The summed E-state index contributed by atoms with van der Waals surface area (Å²) in [5, 5.41) is 7.76. The average Bonchev–Trinajstić information content (AvgIpc) is 3.49. The molecule has 2 heterocycles. The first-order chi connectivity index (χ1) is 16.0. The zero-order valence-electron chi connectivity index (χ0n) is 18.2. The molecule has 7 nitrogen and oxygen atoms in total. The third kappa shape index (κ3) is 5.78. The molecule has 1 atom stereocenters. The number of nitrogens with one attached hydrogen (secondary N) is 2. The van der Waals surface area contributed by atoms with Crippen LogP contribution in [0.3, 0.4) is 0 Å². The fourth-order valence-corrected chi connectivity index (χ4v) is 4.34. The SMILES string of the molecule is COc1ccc(N2C[C@H](C(=O)Nc3ccc(CC(=O)NCc4cccs4)cc3)CC2=O)cc1. The zero-order chi connectivity index (χ0) is 23.2. The van der Waals surface area contributed by atoms with Crippen molar-refractivity contribution in [3.8, 4) is 5.75 Å². The van der Waals surface area contributed by atoms with Crippen LogP contribution >= 0.6 is 11.3 Å². The van der Waals surface area contributed by atoms with Crippen LogP contribution in [0.1, 0.15) is 16.9 Å². The summed E-state index contributed by atoms with van der Waals surface area (Å²) in [5.41, 5.74) is 2.24. The Labute approximate surface area is 196 Å². The topological polar surface area (TPSA) is 87.7 Å². The molecule has 1 aliphatic heterocycles. The number of rotatable bonds is 8. The standard InChI is InChI=1S/C25H25N3O4S/c1-32-21-10-8-20(9-11-21)28-16-18(14-24(28)30)25(31)27-19-6-4-17(5-7-19)13-23(29)26-15-22-3-2-12-33-22/h2-12,18H,13-16H2,1H3,(H,26,29)(H,27,31)/t18-/m1/s1. The second kappa shape index (κ2) is 10.3. The number of methoxy groups -OCH3 is 1. The van der Waals surface area contributed by atoms with Crippen molar-refractivity contribution in [3.05, 3.63) is 76.5 Å². The summed E-state index contributed by atoms with van der Waals surface area (Å²) >= 11 is 1.61. The molecule has 0 unspecified atom stereocenters. The molecule has 3 aromatic rings. The Morgan fingerprint density at radius 3 is 2.52 bits per heavy atom. The maximum Gasteiger partial charge on any atom is 0.229 e. The van der Waals surface area contributed by atoms with E-state index >= 15 is 0 Å². The maximum absolute atomic E-state index is 12.7. The van der Waals surface area contributed by atoms with E-state index in [4.69, 9.17) is 4.74 Å². The molecule has 0 bridgehead atoms. The van der Waals surface area contributed by atoms with Gasteiger partial charge in [0.2, 0.25) is 17.7 Å². The van der Waals surface area contributed by atoms with Gasteiger partial charge in [-0.15, -0.1) is 11.3 Å². The summed E-state index contributed by atoms with van der Waals surface area (Å²) in [4.78, 5) is 40.0. The van der Waals surface area contributed by atoms with Crippen molar-refractivity contribution in [3.63, 3.8) is 0 Å². The van der Waals surface area contributed by atoms with Crippen LogP contribution < -0.4 is 20.3 Å². The van der Waals surface area contributed by atoms with Gasteiger partial charge in [0.05, 0.1) is 26.0 Å². The second-order valence-electron chi connectivity index (χ2n) is 7.82. The van der Waals surface area contributed by atoms with Gasteiger partial charge in [-0.25, -0.2) is 0 Å². The van der Waals surface area contributed by atoms with Crippen molar-refractivity contribution in [2.75, 3.05) is 23.9 Å². The van der Waals surface area contributed by atoms with E-state index in [9.17, 15) is 14.4 Å². The average molecular weight is 464 g/mol. The summed E-state index contributed by atoms with van der Waals surface area (Å²) < 4.78 is 5.15. The largest absolute Gasteiger partial charge is 0.497 e. The number of ether oxygens (including phenoxy) is 1. The van der Waals surface area contributed by atoms with Crippen molar-refractivity contribution >= 4 is 40.4 Å². The molecule has 1 aliphatic rings. The van der Waals surface area contributed by atoms with Gasteiger partial charge >= 0.3 is 0 Å². The van der Waals surface area contributed by atoms with Crippen molar-refractivity contribution in [2.45, 2.75) is 19.4 Å². The number of carbonyl (C=O) groups excluding carboxylic acids is 3. The Morgan fingerprint density at radius 2 is 1.85 bits per heavy atom. The van der Waals surface area contributed by atoms with Crippen LogP contribution in [0.25, 0.3) is 0 Å². The van der Waals surface area contributed by atoms with Crippen LogP contribution in [0.2, 0.25) is 0 Å². The summed E-state index contributed by atoms with van der Waals surface area (Å²) in [6, 6.07) is 18.3. The molecule has 4 rings (SSSR count). The van der Waals surface area contributed by atoms with E-state index in [2.05, 4.69) is 10.6 Å². The molecule has 3 amide bonds. The molecular weight excluding hydrogens is 438 g/mol. The van der Waals surface area contributed by atoms with Crippen LogP contribution in [0.5, 0.6) is 5.75 Å². The summed E-state index contributed by atoms with van der Waals surface area (Å²) in [7, 11) is 1.59. The highest BCUT2D eigenvalue weighted by Gasteiger charge is 2.35. The normalized spacial score (nSPS) is 15.4. The van der Waals surface area contributed by atoms with Gasteiger partial charge < -0.3 is 20.3 Å². The lowest BCUT2D eigenvalue weighted by Gasteiger charge is -2.17. The molecule has 1 aromatic heterocycles. The van der Waals surface area contributed by atoms with E-state index in [0.717, 1.165) is 16.1 Å². The fraction of sp³-hybridized carbons (Fsp3) is 0.240. The minimum atomic E-state index is -0.428. The molecule has 0 saturated carbocycles. The first-order valence-corrected chi connectivity index (χ1v) is 11.5. The summed E-state index contributed by atoms with van der Waals surface area (Å²) in [6.45, 7) is 0.859. The zero-order valence-corrected chi connectivity index (χ0v) is 19.1. The van der Waals surface area contributed by atoms with Gasteiger partial charge in [-0.05, 0) is 53.4 Å². The number of hydrogen-bond acceptors (Lipinski definition) is 5. The number of nitrogens with zero attached hydrogens (tertiary/aromatic N) is 1. The molecule has 2 aromatic carbocycles. The van der Waals surface area contributed by atoms with Gasteiger partial charge in [0.25, 0.3) is 0 Å².